The average molecular weight is 567 g/mol. The molecule has 180 valence electrons. The summed E-state index contributed by atoms with van der Waals surface area (Å²) in [4.78, 5) is 21.3. The highest BCUT2D eigenvalue weighted by atomic mass is 127. The van der Waals surface area contributed by atoms with E-state index in [0.717, 1.165) is 73.9 Å². The molecular weight excluding hydrogens is 533 g/mol. The highest BCUT2D eigenvalue weighted by Gasteiger charge is 2.23. The maximum Gasteiger partial charge on any atom is 0.227 e. The molecule has 1 atom stereocenters. The Labute approximate surface area is 212 Å². The zero-order valence-corrected chi connectivity index (χ0v) is 21.7. The van der Waals surface area contributed by atoms with Crippen molar-refractivity contribution in [1.29, 1.82) is 0 Å². The molecule has 1 fully saturated rings. The van der Waals surface area contributed by atoms with Crippen molar-refractivity contribution in [2.45, 2.75) is 64.3 Å². The van der Waals surface area contributed by atoms with Gasteiger partial charge in [0.25, 0.3) is 0 Å². The molecule has 3 N–H and O–H groups in total. The fourth-order valence-electron chi connectivity index (χ4n) is 4.43. The third kappa shape index (κ3) is 6.89. The molecule has 10 heteroatoms. The van der Waals surface area contributed by atoms with Crippen LogP contribution in [0.15, 0.2) is 29.3 Å². The molecule has 1 amide bonds. The second kappa shape index (κ2) is 12.3. The fraction of sp³-hybridized carbons (Fsp3) is 0.565. The van der Waals surface area contributed by atoms with E-state index in [-0.39, 0.29) is 41.8 Å². The van der Waals surface area contributed by atoms with Crippen molar-refractivity contribution >= 4 is 41.5 Å². The Balaban J connectivity index is 0.00000306. The second-order valence-electron chi connectivity index (χ2n) is 8.54. The standard InChI is InChI=1S/C23H33N7O2.HI/c1-24-23(27-19-10-11-21-28-20(15-32-2)29-30(21)14-19)25-13-16-6-5-9-18(12-16)26-22(31)17-7-3-4-8-17;/h5-6,9,12,17,19H,3-4,7-8,10-11,13-15H2,1-2H3,(H,26,31)(H2,24,25,27);1H. The van der Waals surface area contributed by atoms with Gasteiger partial charge in [-0.05, 0) is 37.0 Å². The van der Waals surface area contributed by atoms with Crippen molar-refractivity contribution < 1.29 is 9.53 Å². The third-order valence-corrected chi connectivity index (χ3v) is 6.12. The number of nitrogens with zero attached hydrogens (tertiary/aromatic N) is 4. The van der Waals surface area contributed by atoms with Crippen LogP contribution in [0.2, 0.25) is 0 Å². The fourth-order valence-corrected chi connectivity index (χ4v) is 4.43. The summed E-state index contributed by atoms with van der Waals surface area (Å²) in [6.45, 7) is 1.79. The number of ether oxygens (including phenoxy) is 1. The van der Waals surface area contributed by atoms with Gasteiger partial charge in [0.05, 0.1) is 6.54 Å². The first-order chi connectivity index (χ1) is 15.6. The number of hydrogen-bond acceptors (Lipinski definition) is 5. The molecule has 1 aliphatic carbocycles. The number of hydrogen-bond donors (Lipinski definition) is 3. The number of amides is 1. The summed E-state index contributed by atoms with van der Waals surface area (Å²) in [6.07, 6.45) is 6.14. The number of nitrogens with one attached hydrogen (secondary N) is 3. The van der Waals surface area contributed by atoms with E-state index in [1.54, 1.807) is 14.2 Å². The van der Waals surface area contributed by atoms with E-state index < -0.39 is 0 Å². The number of aliphatic imine (C=N–C) groups is 1. The first-order valence-electron chi connectivity index (χ1n) is 11.4. The number of fused-ring (bicyclic) bond motifs is 1. The van der Waals surface area contributed by atoms with Gasteiger partial charge >= 0.3 is 0 Å². The van der Waals surface area contributed by atoms with E-state index in [0.29, 0.717) is 13.2 Å². The van der Waals surface area contributed by atoms with Crippen LogP contribution in [0.4, 0.5) is 5.69 Å². The number of carbonyl (C=O) groups excluding carboxylic acids is 1. The van der Waals surface area contributed by atoms with Crippen LogP contribution < -0.4 is 16.0 Å². The summed E-state index contributed by atoms with van der Waals surface area (Å²) in [5, 5.41) is 14.5. The van der Waals surface area contributed by atoms with Crippen molar-refractivity contribution in [3.05, 3.63) is 41.5 Å². The first-order valence-corrected chi connectivity index (χ1v) is 11.4. The Hall–Kier alpha value is -2.21. The van der Waals surface area contributed by atoms with Gasteiger partial charge in [0.1, 0.15) is 12.4 Å². The lowest BCUT2D eigenvalue weighted by Crippen LogP contribution is -2.46. The molecule has 2 aliphatic rings. The largest absolute Gasteiger partial charge is 0.377 e. The maximum absolute atomic E-state index is 12.4. The van der Waals surface area contributed by atoms with Crippen molar-refractivity contribution in [1.82, 2.24) is 25.4 Å². The van der Waals surface area contributed by atoms with Crippen LogP contribution in [0.1, 0.15) is 49.3 Å². The Morgan fingerprint density at radius 3 is 2.85 bits per heavy atom. The third-order valence-electron chi connectivity index (χ3n) is 6.12. The van der Waals surface area contributed by atoms with Crippen LogP contribution in [-0.2, 0) is 35.6 Å². The minimum absolute atomic E-state index is 0. The summed E-state index contributed by atoms with van der Waals surface area (Å²) in [7, 11) is 3.42. The Morgan fingerprint density at radius 1 is 1.27 bits per heavy atom. The number of aromatic nitrogens is 3. The zero-order valence-electron chi connectivity index (χ0n) is 19.3. The van der Waals surface area contributed by atoms with E-state index in [2.05, 4.69) is 31.0 Å². The zero-order chi connectivity index (χ0) is 22.3. The Morgan fingerprint density at radius 2 is 2.09 bits per heavy atom. The van der Waals surface area contributed by atoms with E-state index in [1.165, 1.54) is 0 Å². The maximum atomic E-state index is 12.4. The number of guanidine groups is 1. The van der Waals surface area contributed by atoms with E-state index in [9.17, 15) is 4.79 Å². The van der Waals surface area contributed by atoms with Crippen molar-refractivity contribution in [3.8, 4) is 0 Å². The van der Waals surface area contributed by atoms with Crippen LogP contribution >= 0.6 is 24.0 Å². The van der Waals surface area contributed by atoms with Crippen LogP contribution in [0.3, 0.4) is 0 Å². The van der Waals surface area contributed by atoms with Crippen LogP contribution in [0.5, 0.6) is 0 Å². The summed E-state index contributed by atoms with van der Waals surface area (Å²) < 4.78 is 7.10. The number of methoxy groups -OCH3 is 1. The van der Waals surface area contributed by atoms with Gasteiger partial charge in [-0.3, -0.25) is 9.79 Å². The van der Waals surface area contributed by atoms with Crippen LogP contribution in [-0.4, -0.2) is 46.8 Å². The van der Waals surface area contributed by atoms with Crippen molar-refractivity contribution in [2.24, 2.45) is 10.9 Å². The predicted octanol–water partition coefficient (Wildman–Crippen LogP) is 2.85. The van der Waals surface area contributed by atoms with Gasteiger partial charge in [-0.2, -0.15) is 5.10 Å². The molecular formula is C23H34IN7O2. The van der Waals surface area contributed by atoms with Gasteiger partial charge in [0, 0.05) is 44.8 Å². The van der Waals surface area contributed by atoms with Gasteiger partial charge in [0.2, 0.25) is 5.91 Å². The molecule has 1 saturated carbocycles. The topological polar surface area (TPSA) is 105 Å². The molecule has 9 nitrogen and oxygen atoms in total. The van der Waals surface area contributed by atoms with Gasteiger partial charge in [-0.25, -0.2) is 9.67 Å². The molecule has 2 heterocycles. The average Bonchev–Trinajstić information content (AvgIpc) is 3.47. The highest BCUT2D eigenvalue weighted by Crippen LogP contribution is 2.26. The Kier molecular flexibility index (Phi) is 9.48. The smallest absolute Gasteiger partial charge is 0.227 e. The van der Waals surface area contributed by atoms with Gasteiger partial charge in [-0.15, -0.1) is 24.0 Å². The molecule has 1 aromatic heterocycles. The van der Waals surface area contributed by atoms with E-state index in [1.807, 2.05) is 28.9 Å². The number of halogens is 1. The molecule has 1 aliphatic heterocycles. The minimum Gasteiger partial charge on any atom is -0.377 e. The Bertz CT molecular complexity index is 956. The molecule has 4 rings (SSSR count). The first kappa shape index (κ1) is 25.4. The monoisotopic (exact) mass is 567 g/mol. The number of aryl methyl sites for hydroxylation is 1. The lowest BCUT2D eigenvalue weighted by atomic mass is 10.1. The molecule has 0 spiro atoms. The summed E-state index contributed by atoms with van der Waals surface area (Å²) >= 11 is 0. The van der Waals surface area contributed by atoms with Crippen molar-refractivity contribution in [2.75, 3.05) is 19.5 Å². The highest BCUT2D eigenvalue weighted by molar-refractivity contribution is 14.0. The quantitative estimate of drug-likeness (QED) is 0.270. The van der Waals surface area contributed by atoms with Crippen LogP contribution in [0.25, 0.3) is 0 Å². The molecule has 2 aromatic rings. The summed E-state index contributed by atoms with van der Waals surface area (Å²) in [5.74, 6) is 2.78. The predicted molar refractivity (Wildman–Crippen MR) is 139 cm³/mol. The van der Waals surface area contributed by atoms with Gasteiger partial charge in [0.15, 0.2) is 11.8 Å². The lowest BCUT2D eigenvalue weighted by molar-refractivity contribution is -0.119. The summed E-state index contributed by atoms with van der Waals surface area (Å²) in [6, 6.07) is 8.21. The lowest BCUT2D eigenvalue weighted by Gasteiger charge is -2.25. The van der Waals surface area contributed by atoms with Crippen LogP contribution in [0, 0.1) is 5.92 Å². The summed E-state index contributed by atoms with van der Waals surface area (Å²) in [5.41, 5.74) is 1.94. The molecule has 1 unspecified atom stereocenters. The molecule has 0 radical (unpaired) electrons. The SMILES string of the molecule is CN=C(NCc1cccc(NC(=O)C2CCCC2)c1)NC1CCc2nc(COC)nn2C1.I. The normalized spacial score (nSPS) is 18.4. The molecule has 0 saturated heterocycles. The molecule has 0 bridgehead atoms. The minimum atomic E-state index is 0. The van der Waals surface area contributed by atoms with Gasteiger partial charge < -0.3 is 20.7 Å². The number of anilines is 1. The van der Waals surface area contributed by atoms with E-state index in [4.69, 9.17) is 4.74 Å². The number of carbonyl (C=O) groups is 1. The second-order valence-corrected chi connectivity index (χ2v) is 8.54. The van der Waals surface area contributed by atoms with Crippen molar-refractivity contribution in [3.63, 3.8) is 0 Å². The molecule has 33 heavy (non-hydrogen) atoms. The molecule has 1 aromatic carbocycles. The van der Waals surface area contributed by atoms with Gasteiger partial charge in [-0.1, -0.05) is 25.0 Å². The van der Waals surface area contributed by atoms with E-state index >= 15 is 0 Å². The number of benzene rings is 1. The number of rotatable bonds is 7.